The summed E-state index contributed by atoms with van der Waals surface area (Å²) in [4.78, 5) is 37.6. The predicted octanol–water partition coefficient (Wildman–Crippen LogP) is 0.0745. The van der Waals surface area contributed by atoms with Crippen molar-refractivity contribution in [1.82, 2.24) is 9.80 Å². The van der Waals surface area contributed by atoms with Crippen LogP contribution >= 0.6 is 0 Å². The summed E-state index contributed by atoms with van der Waals surface area (Å²) in [5.41, 5.74) is 0. The fraction of sp³-hybridized carbons (Fsp3) is 0.750. The first-order valence-corrected chi connectivity index (χ1v) is 6.39. The Kier molecular flexibility index (Phi) is 3.84. The van der Waals surface area contributed by atoms with Crippen LogP contribution < -0.4 is 0 Å². The first-order chi connectivity index (χ1) is 8.59. The molecule has 2 heterocycles. The zero-order chi connectivity index (χ0) is 13.1. The number of carbonyl (C=O) groups is 3. The van der Waals surface area contributed by atoms with Crippen molar-refractivity contribution in [3.05, 3.63) is 0 Å². The van der Waals surface area contributed by atoms with Crippen molar-refractivity contribution in [3.63, 3.8) is 0 Å². The van der Waals surface area contributed by atoms with Gasteiger partial charge in [0.1, 0.15) is 6.04 Å². The van der Waals surface area contributed by atoms with Gasteiger partial charge < -0.3 is 14.9 Å². The zero-order valence-corrected chi connectivity index (χ0v) is 10.3. The number of rotatable bonds is 3. The summed E-state index contributed by atoms with van der Waals surface area (Å²) in [6.45, 7) is 1.12. The van der Waals surface area contributed by atoms with Gasteiger partial charge >= 0.3 is 5.97 Å². The predicted molar refractivity (Wildman–Crippen MR) is 62.8 cm³/mol. The fourth-order valence-corrected chi connectivity index (χ4v) is 2.61. The Bertz CT molecular complexity index is 369. The summed E-state index contributed by atoms with van der Waals surface area (Å²) in [6.07, 6.45) is 3.46. The third-order valence-corrected chi connectivity index (χ3v) is 3.61. The molecule has 0 aromatic heterocycles. The molecule has 2 amide bonds. The molecule has 6 nitrogen and oxygen atoms in total. The third-order valence-electron chi connectivity index (χ3n) is 3.61. The Morgan fingerprint density at radius 3 is 2.61 bits per heavy atom. The van der Waals surface area contributed by atoms with Gasteiger partial charge in [-0.05, 0) is 25.7 Å². The van der Waals surface area contributed by atoms with E-state index in [2.05, 4.69) is 0 Å². The molecule has 0 aromatic rings. The Morgan fingerprint density at radius 1 is 1.22 bits per heavy atom. The van der Waals surface area contributed by atoms with E-state index in [1.165, 1.54) is 9.80 Å². The second-order valence-corrected chi connectivity index (χ2v) is 4.86. The highest BCUT2D eigenvalue weighted by molar-refractivity contribution is 5.88. The van der Waals surface area contributed by atoms with Gasteiger partial charge in [0.05, 0.1) is 6.54 Å². The number of carbonyl (C=O) groups excluding carboxylic acids is 2. The van der Waals surface area contributed by atoms with E-state index in [0.29, 0.717) is 25.9 Å². The van der Waals surface area contributed by atoms with Crippen molar-refractivity contribution in [2.75, 3.05) is 19.6 Å². The number of aliphatic carboxylic acids is 1. The van der Waals surface area contributed by atoms with Gasteiger partial charge in [-0.3, -0.25) is 9.59 Å². The van der Waals surface area contributed by atoms with Crippen molar-refractivity contribution in [2.45, 2.75) is 38.1 Å². The van der Waals surface area contributed by atoms with Gasteiger partial charge in [-0.1, -0.05) is 0 Å². The lowest BCUT2D eigenvalue weighted by Gasteiger charge is -2.34. The van der Waals surface area contributed by atoms with E-state index >= 15 is 0 Å². The van der Waals surface area contributed by atoms with Crippen molar-refractivity contribution >= 4 is 17.8 Å². The number of amides is 2. The molecule has 100 valence electrons. The summed E-state index contributed by atoms with van der Waals surface area (Å²) in [5, 5.41) is 9.10. The van der Waals surface area contributed by atoms with E-state index in [4.69, 9.17) is 5.11 Å². The Balaban J connectivity index is 1.97. The normalized spacial score (nSPS) is 24.4. The Labute approximate surface area is 106 Å². The summed E-state index contributed by atoms with van der Waals surface area (Å²) in [6, 6.07) is -0.719. The van der Waals surface area contributed by atoms with Crippen molar-refractivity contribution in [1.29, 1.82) is 0 Å². The Hall–Kier alpha value is -1.59. The number of carboxylic acids is 1. The van der Waals surface area contributed by atoms with E-state index in [1.54, 1.807) is 0 Å². The topological polar surface area (TPSA) is 77.9 Å². The SMILES string of the molecule is O=C(O)[C@H]1CCCCN1C(=O)CN1CCCC1=O. The second kappa shape index (κ2) is 5.37. The fourth-order valence-electron chi connectivity index (χ4n) is 2.61. The van der Waals surface area contributed by atoms with E-state index in [1.807, 2.05) is 0 Å². The molecule has 2 aliphatic heterocycles. The summed E-state index contributed by atoms with van der Waals surface area (Å²) < 4.78 is 0. The molecular weight excluding hydrogens is 236 g/mol. The van der Waals surface area contributed by atoms with Crippen molar-refractivity contribution in [2.24, 2.45) is 0 Å². The van der Waals surface area contributed by atoms with Crippen molar-refractivity contribution in [3.8, 4) is 0 Å². The number of nitrogens with zero attached hydrogens (tertiary/aromatic N) is 2. The molecule has 0 aromatic carbocycles. The number of likely N-dealkylation sites (tertiary alicyclic amines) is 2. The van der Waals surface area contributed by atoms with Crippen LogP contribution in [0.1, 0.15) is 32.1 Å². The summed E-state index contributed by atoms with van der Waals surface area (Å²) in [5.74, 6) is -1.19. The van der Waals surface area contributed by atoms with Crippen LogP contribution in [0.4, 0.5) is 0 Å². The second-order valence-electron chi connectivity index (χ2n) is 4.86. The Morgan fingerprint density at radius 2 is 2.00 bits per heavy atom. The molecule has 2 aliphatic rings. The lowest BCUT2D eigenvalue weighted by atomic mass is 10.0. The molecule has 6 heteroatoms. The van der Waals surface area contributed by atoms with Gasteiger partial charge in [-0.25, -0.2) is 4.79 Å². The van der Waals surface area contributed by atoms with Gasteiger partial charge in [0.2, 0.25) is 11.8 Å². The standard InChI is InChI=1S/C12H18N2O4/c15-10-5-3-6-13(10)8-11(16)14-7-2-1-4-9(14)12(17)18/h9H,1-8H2,(H,17,18)/t9-/m1/s1. The number of hydrogen-bond donors (Lipinski definition) is 1. The number of piperidine rings is 1. The zero-order valence-electron chi connectivity index (χ0n) is 10.3. The smallest absolute Gasteiger partial charge is 0.326 e. The van der Waals surface area contributed by atoms with E-state index in [-0.39, 0.29) is 18.4 Å². The summed E-state index contributed by atoms with van der Waals surface area (Å²) in [7, 11) is 0. The molecule has 2 saturated heterocycles. The minimum absolute atomic E-state index is 0.00719. The minimum Gasteiger partial charge on any atom is -0.480 e. The maximum absolute atomic E-state index is 12.1. The van der Waals surface area contributed by atoms with Gasteiger partial charge in [0, 0.05) is 19.5 Å². The average molecular weight is 254 g/mol. The molecular formula is C12H18N2O4. The highest BCUT2D eigenvalue weighted by Gasteiger charge is 2.33. The molecule has 2 fully saturated rings. The molecule has 2 rings (SSSR count). The molecule has 0 spiro atoms. The molecule has 0 unspecified atom stereocenters. The van der Waals surface area contributed by atoms with Crippen LogP contribution in [-0.2, 0) is 14.4 Å². The van der Waals surface area contributed by atoms with Gasteiger partial charge in [-0.2, -0.15) is 0 Å². The average Bonchev–Trinajstić information content (AvgIpc) is 2.75. The highest BCUT2D eigenvalue weighted by Crippen LogP contribution is 2.18. The summed E-state index contributed by atoms with van der Waals surface area (Å²) >= 11 is 0. The minimum atomic E-state index is -0.948. The van der Waals surface area contributed by atoms with Gasteiger partial charge in [-0.15, -0.1) is 0 Å². The van der Waals surface area contributed by atoms with Crippen LogP contribution in [0, 0.1) is 0 Å². The number of hydrogen-bond acceptors (Lipinski definition) is 3. The molecule has 0 bridgehead atoms. The maximum Gasteiger partial charge on any atom is 0.326 e. The molecule has 1 N–H and O–H groups in total. The van der Waals surface area contributed by atoms with Crippen LogP contribution in [-0.4, -0.2) is 58.4 Å². The first kappa shape index (κ1) is 12.9. The molecule has 0 saturated carbocycles. The lowest BCUT2D eigenvalue weighted by Crippen LogP contribution is -2.51. The van der Waals surface area contributed by atoms with Crippen molar-refractivity contribution < 1.29 is 19.5 Å². The molecule has 0 radical (unpaired) electrons. The van der Waals surface area contributed by atoms with E-state index in [9.17, 15) is 14.4 Å². The van der Waals surface area contributed by atoms with Crippen LogP contribution in [0.3, 0.4) is 0 Å². The third kappa shape index (κ3) is 2.63. The van der Waals surface area contributed by atoms with Crippen LogP contribution in [0.25, 0.3) is 0 Å². The first-order valence-electron chi connectivity index (χ1n) is 6.39. The van der Waals surface area contributed by atoms with Gasteiger partial charge in [0.15, 0.2) is 0 Å². The quantitative estimate of drug-likeness (QED) is 0.773. The highest BCUT2D eigenvalue weighted by atomic mass is 16.4. The van der Waals surface area contributed by atoms with Gasteiger partial charge in [0.25, 0.3) is 0 Å². The lowest BCUT2D eigenvalue weighted by molar-refractivity contribution is -0.153. The molecule has 18 heavy (non-hydrogen) atoms. The van der Waals surface area contributed by atoms with Crippen LogP contribution in [0.15, 0.2) is 0 Å². The molecule has 0 aliphatic carbocycles. The van der Waals surface area contributed by atoms with Crippen LogP contribution in [0.2, 0.25) is 0 Å². The van der Waals surface area contributed by atoms with E-state index in [0.717, 1.165) is 19.3 Å². The number of carboxylic acid groups (broad SMARTS) is 1. The monoisotopic (exact) mass is 254 g/mol. The molecule has 1 atom stereocenters. The van der Waals surface area contributed by atoms with Crippen LogP contribution in [0.5, 0.6) is 0 Å². The maximum atomic E-state index is 12.1. The largest absolute Gasteiger partial charge is 0.480 e. The van der Waals surface area contributed by atoms with E-state index < -0.39 is 12.0 Å².